The van der Waals surface area contributed by atoms with Gasteiger partial charge in [0.05, 0.1) is 22.4 Å². The van der Waals surface area contributed by atoms with Crippen molar-refractivity contribution in [3.63, 3.8) is 0 Å². The molecule has 2 aromatic heterocycles. The second-order valence-electron chi connectivity index (χ2n) is 13.9. The second-order valence-corrected chi connectivity index (χ2v) is 13.9. The minimum Gasteiger partial charge on any atom is -0.309 e. The van der Waals surface area contributed by atoms with E-state index in [4.69, 9.17) is 4.98 Å². The summed E-state index contributed by atoms with van der Waals surface area (Å²) in [4.78, 5) is 5.37. The van der Waals surface area contributed by atoms with Gasteiger partial charge < -0.3 is 4.57 Å². The molecule has 9 aromatic carbocycles. The Morgan fingerprint density at radius 3 is 1.77 bits per heavy atom. The standard InChI is InChI=1S/C51H32N2/c1-2-13-33(14-3-1)39-31-46(52-47(32-39)38-26-25-34-15-4-5-17-36(34)29-38)37-18-12-19-40(30-37)53-48-24-11-10-23-45(48)50-49-41-20-7-6-16-35(41)27-28-43(49)42-21-8-9-22-44(42)51(50)53/h1-32H. The molecule has 2 heterocycles. The van der Waals surface area contributed by atoms with Crippen LogP contribution in [0, 0.1) is 0 Å². The zero-order valence-corrected chi connectivity index (χ0v) is 28.9. The Hall–Kier alpha value is -7.03. The molecule has 0 amide bonds. The number of rotatable bonds is 4. The summed E-state index contributed by atoms with van der Waals surface area (Å²) < 4.78 is 2.48. The van der Waals surface area contributed by atoms with Crippen LogP contribution in [0.4, 0.5) is 0 Å². The van der Waals surface area contributed by atoms with Crippen LogP contribution in [0.1, 0.15) is 0 Å². The van der Waals surface area contributed by atoms with Gasteiger partial charge in [-0.2, -0.15) is 0 Å². The van der Waals surface area contributed by atoms with Gasteiger partial charge in [0.25, 0.3) is 0 Å². The van der Waals surface area contributed by atoms with Crippen molar-refractivity contribution >= 4 is 64.9 Å². The van der Waals surface area contributed by atoms with Gasteiger partial charge in [0.2, 0.25) is 0 Å². The first-order valence-corrected chi connectivity index (χ1v) is 18.2. The number of aromatic nitrogens is 2. The lowest BCUT2D eigenvalue weighted by Gasteiger charge is -2.15. The van der Waals surface area contributed by atoms with E-state index in [0.29, 0.717) is 0 Å². The maximum Gasteiger partial charge on any atom is 0.0716 e. The molecule has 53 heavy (non-hydrogen) atoms. The lowest BCUT2D eigenvalue weighted by atomic mass is 9.93. The van der Waals surface area contributed by atoms with Crippen molar-refractivity contribution in [2.75, 3.05) is 0 Å². The van der Waals surface area contributed by atoms with E-state index in [0.717, 1.165) is 33.8 Å². The van der Waals surface area contributed by atoms with Crippen LogP contribution in [-0.2, 0) is 0 Å². The molecule has 11 rings (SSSR count). The highest BCUT2D eigenvalue weighted by atomic mass is 15.0. The summed E-state index contributed by atoms with van der Waals surface area (Å²) in [5.41, 5.74) is 9.91. The van der Waals surface area contributed by atoms with Gasteiger partial charge in [-0.15, -0.1) is 0 Å². The molecule has 2 nitrogen and oxygen atoms in total. The Labute approximate surface area is 306 Å². The Morgan fingerprint density at radius 2 is 0.943 bits per heavy atom. The quantitative estimate of drug-likeness (QED) is 0.170. The molecule has 11 aromatic rings. The zero-order chi connectivity index (χ0) is 34.9. The average Bonchev–Trinajstić information content (AvgIpc) is 3.59. The molecule has 0 radical (unpaired) electrons. The van der Waals surface area contributed by atoms with Crippen LogP contribution < -0.4 is 0 Å². The van der Waals surface area contributed by atoms with Gasteiger partial charge in [0.1, 0.15) is 0 Å². The summed E-state index contributed by atoms with van der Waals surface area (Å²) in [5.74, 6) is 0. The summed E-state index contributed by atoms with van der Waals surface area (Å²) in [5, 5.41) is 12.6. The van der Waals surface area contributed by atoms with Crippen LogP contribution in [0.2, 0.25) is 0 Å². The molecule has 2 heteroatoms. The highest BCUT2D eigenvalue weighted by Crippen LogP contribution is 2.45. The maximum absolute atomic E-state index is 5.37. The van der Waals surface area contributed by atoms with Gasteiger partial charge in [-0.05, 0) is 79.8 Å². The van der Waals surface area contributed by atoms with E-state index in [-0.39, 0.29) is 0 Å². The predicted octanol–water partition coefficient (Wildman–Crippen LogP) is 13.8. The Bertz CT molecular complexity index is 3220. The van der Waals surface area contributed by atoms with Gasteiger partial charge in [-0.25, -0.2) is 4.98 Å². The molecule has 246 valence electrons. The fraction of sp³-hybridized carbons (Fsp3) is 0. The fourth-order valence-corrected chi connectivity index (χ4v) is 8.48. The first kappa shape index (κ1) is 29.7. The van der Waals surface area contributed by atoms with Gasteiger partial charge in [-0.3, -0.25) is 0 Å². The van der Waals surface area contributed by atoms with Crippen molar-refractivity contribution < 1.29 is 0 Å². The van der Waals surface area contributed by atoms with Crippen LogP contribution >= 0.6 is 0 Å². The third-order valence-electron chi connectivity index (χ3n) is 10.9. The van der Waals surface area contributed by atoms with Crippen LogP contribution in [0.3, 0.4) is 0 Å². The Morgan fingerprint density at radius 1 is 0.321 bits per heavy atom. The van der Waals surface area contributed by atoms with E-state index in [1.165, 1.54) is 70.5 Å². The highest BCUT2D eigenvalue weighted by Gasteiger charge is 2.20. The molecule has 0 saturated carbocycles. The molecule has 0 aliphatic carbocycles. The minimum atomic E-state index is 0.943. The average molecular weight is 673 g/mol. The van der Waals surface area contributed by atoms with E-state index < -0.39 is 0 Å². The summed E-state index contributed by atoms with van der Waals surface area (Å²) in [6, 6.07) is 70.3. The normalized spacial score (nSPS) is 11.8. The summed E-state index contributed by atoms with van der Waals surface area (Å²) in [7, 11) is 0. The van der Waals surface area contributed by atoms with Crippen LogP contribution in [0.15, 0.2) is 194 Å². The SMILES string of the molecule is c1ccc(-c2cc(-c3cccc(-n4c5ccccc5c5c6c7ccccc7ccc6c6ccccc6c54)c3)nc(-c3ccc4ccccc4c3)c2)cc1. The Balaban J connectivity index is 1.19. The molecule has 0 spiro atoms. The number of para-hydroxylation sites is 1. The number of hydrogen-bond acceptors (Lipinski definition) is 1. The molecule has 0 aliphatic heterocycles. The predicted molar refractivity (Wildman–Crippen MR) is 225 cm³/mol. The summed E-state index contributed by atoms with van der Waals surface area (Å²) in [6.45, 7) is 0. The van der Waals surface area contributed by atoms with E-state index in [1.54, 1.807) is 0 Å². The van der Waals surface area contributed by atoms with Gasteiger partial charge in [0.15, 0.2) is 0 Å². The molecule has 0 bridgehead atoms. The molecular weight excluding hydrogens is 641 g/mol. The second kappa shape index (κ2) is 11.8. The van der Waals surface area contributed by atoms with E-state index in [1.807, 2.05) is 0 Å². The molecule has 0 saturated heterocycles. The first-order chi connectivity index (χ1) is 26.3. The van der Waals surface area contributed by atoms with E-state index in [9.17, 15) is 0 Å². The van der Waals surface area contributed by atoms with Crippen LogP contribution in [-0.4, -0.2) is 9.55 Å². The summed E-state index contributed by atoms with van der Waals surface area (Å²) in [6.07, 6.45) is 0. The molecule has 0 atom stereocenters. The van der Waals surface area contributed by atoms with Gasteiger partial charge in [-0.1, -0.05) is 158 Å². The number of benzene rings is 9. The molecular formula is C51H32N2. The van der Waals surface area contributed by atoms with Crippen molar-refractivity contribution in [3.8, 4) is 39.3 Å². The van der Waals surface area contributed by atoms with Crippen molar-refractivity contribution in [1.29, 1.82) is 0 Å². The van der Waals surface area contributed by atoms with Crippen molar-refractivity contribution in [1.82, 2.24) is 9.55 Å². The zero-order valence-electron chi connectivity index (χ0n) is 28.9. The van der Waals surface area contributed by atoms with Crippen molar-refractivity contribution in [2.24, 2.45) is 0 Å². The van der Waals surface area contributed by atoms with Crippen LogP contribution in [0.5, 0.6) is 0 Å². The van der Waals surface area contributed by atoms with Crippen LogP contribution in [0.25, 0.3) is 104 Å². The smallest absolute Gasteiger partial charge is 0.0716 e. The van der Waals surface area contributed by atoms with Gasteiger partial charge >= 0.3 is 0 Å². The lowest BCUT2D eigenvalue weighted by molar-refractivity contribution is 1.18. The number of pyridine rings is 1. The Kier molecular flexibility index (Phi) is 6.59. The molecule has 0 N–H and O–H groups in total. The maximum atomic E-state index is 5.37. The molecule has 0 aliphatic rings. The number of hydrogen-bond donors (Lipinski definition) is 0. The van der Waals surface area contributed by atoms with E-state index in [2.05, 4.69) is 199 Å². The number of fused-ring (bicyclic) bond motifs is 11. The third kappa shape index (κ3) is 4.70. The first-order valence-electron chi connectivity index (χ1n) is 18.2. The molecule has 0 fully saturated rings. The van der Waals surface area contributed by atoms with Gasteiger partial charge in [0, 0.05) is 38.4 Å². The number of nitrogens with zero attached hydrogens (tertiary/aromatic N) is 2. The minimum absolute atomic E-state index is 0.943. The van der Waals surface area contributed by atoms with E-state index >= 15 is 0 Å². The summed E-state index contributed by atoms with van der Waals surface area (Å²) >= 11 is 0. The lowest BCUT2D eigenvalue weighted by Crippen LogP contribution is -1.97. The van der Waals surface area contributed by atoms with Crippen molar-refractivity contribution in [2.45, 2.75) is 0 Å². The third-order valence-corrected chi connectivity index (χ3v) is 10.9. The fourth-order valence-electron chi connectivity index (χ4n) is 8.48. The topological polar surface area (TPSA) is 17.8 Å². The highest BCUT2D eigenvalue weighted by molar-refractivity contribution is 6.36. The molecule has 0 unspecified atom stereocenters. The van der Waals surface area contributed by atoms with Crippen molar-refractivity contribution in [3.05, 3.63) is 194 Å². The monoisotopic (exact) mass is 672 g/mol. The largest absolute Gasteiger partial charge is 0.309 e.